The average Bonchev–Trinajstić information content (AvgIpc) is 3.76. The summed E-state index contributed by atoms with van der Waals surface area (Å²) in [6, 6.07) is 5.89. The van der Waals surface area contributed by atoms with Crippen molar-refractivity contribution in [2.24, 2.45) is 17.8 Å². The molecule has 1 aromatic heterocycles. The first-order valence-corrected chi connectivity index (χ1v) is 15.5. The minimum atomic E-state index is -1.17. The lowest BCUT2D eigenvalue weighted by molar-refractivity contribution is -0.154. The molecule has 5 rings (SSSR count). The molecule has 3 saturated heterocycles. The topological polar surface area (TPSA) is 121 Å². The van der Waals surface area contributed by atoms with Crippen molar-refractivity contribution < 1.29 is 24.2 Å². The number of fused-ring (bicyclic) bond motifs is 2. The lowest BCUT2D eigenvalue weighted by Gasteiger charge is -2.40. The molecule has 43 heavy (non-hydrogen) atoms. The van der Waals surface area contributed by atoms with Crippen molar-refractivity contribution >= 4 is 28.8 Å². The third-order valence-electron chi connectivity index (χ3n) is 9.64. The smallest absolute Gasteiger partial charge is 0.250 e. The van der Waals surface area contributed by atoms with Crippen LogP contribution in [0.3, 0.4) is 0 Å². The highest BCUT2D eigenvalue weighted by Gasteiger charge is 2.75. The molecule has 11 nitrogen and oxygen atoms in total. The molecule has 232 valence electrons. The van der Waals surface area contributed by atoms with Gasteiger partial charge in [-0.3, -0.25) is 14.4 Å². The van der Waals surface area contributed by atoms with Crippen LogP contribution >= 0.6 is 0 Å². The first-order valence-electron chi connectivity index (χ1n) is 15.5. The van der Waals surface area contributed by atoms with E-state index < -0.39 is 35.6 Å². The van der Waals surface area contributed by atoms with Crippen LogP contribution in [0.2, 0.25) is 0 Å². The largest absolute Gasteiger partial charge is 0.394 e. The Labute approximate surface area is 253 Å². The minimum absolute atomic E-state index is 0.0877. The van der Waals surface area contributed by atoms with Crippen LogP contribution < -0.4 is 0 Å². The fourth-order valence-electron chi connectivity index (χ4n) is 7.48. The standard InChI is InChI=1S/C32H44N6O5/c1-6-16-35(17-7-2)29(40)26-25-14-15-32(43-25)27(26)30(41)38(24(19-39)21(5)9-4)28(32)31(42)36(18-8-3)20-37-23-13-11-10-12-22(23)33-34-37/h6,8,10-13,21,24-28,39H,1,3,7,9,14-20H2,2,4-5H3/t21-,24-,25-,26+,27-,28?,32?/m0/s1. The Morgan fingerprint density at radius 2 is 1.91 bits per heavy atom. The van der Waals surface area contributed by atoms with Gasteiger partial charge in [0.1, 0.15) is 23.8 Å². The number of carbonyl (C=O) groups is 3. The zero-order chi connectivity index (χ0) is 30.9. The van der Waals surface area contributed by atoms with Crippen LogP contribution in [0.4, 0.5) is 0 Å². The molecule has 1 N–H and O–H groups in total. The summed E-state index contributed by atoms with van der Waals surface area (Å²) in [5.41, 5.74) is 0.308. The van der Waals surface area contributed by atoms with Gasteiger partial charge in [0, 0.05) is 19.6 Å². The van der Waals surface area contributed by atoms with Gasteiger partial charge >= 0.3 is 0 Å². The van der Waals surface area contributed by atoms with E-state index in [0.717, 1.165) is 11.9 Å². The fourth-order valence-corrected chi connectivity index (χ4v) is 7.48. The number of hydrogen-bond donors (Lipinski definition) is 1. The molecule has 11 heteroatoms. The number of carbonyl (C=O) groups excluding carboxylic acids is 3. The third kappa shape index (κ3) is 5.06. The van der Waals surface area contributed by atoms with Gasteiger partial charge in [-0.15, -0.1) is 18.3 Å². The Morgan fingerprint density at radius 3 is 2.58 bits per heavy atom. The minimum Gasteiger partial charge on any atom is -0.394 e. The first kappa shape index (κ1) is 30.9. The summed E-state index contributed by atoms with van der Waals surface area (Å²) in [6.07, 6.45) is 5.40. The maximum Gasteiger partial charge on any atom is 0.250 e. The second-order valence-corrected chi connectivity index (χ2v) is 12.1. The van der Waals surface area contributed by atoms with Gasteiger partial charge in [-0.2, -0.15) is 0 Å². The van der Waals surface area contributed by atoms with Gasteiger partial charge in [-0.25, -0.2) is 4.68 Å². The summed E-state index contributed by atoms with van der Waals surface area (Å²) in [6.45, 7) is 14.6. The van der Waals surface area contributed by atoms with E-state index in [1.165, 1.54) is 0 Å². The summed E-state index contributed by atoms with van der Waals surface area (Å²) in [4.78, 5) is 48.3. The number of ether oxygens (including phenoxy) is 1. The van der Waals surface area contributed by atoms with Crippen LogP contribution in [0.1, 0.15) is 46.5 Å². The average molecular weight is 593 g/mol. The number of aromatic nitrogens is 3. The number of aliphatic hydroxyl groups excluding tert-OH is 1. The van der Waals surface area contributed by atoms with Gasteiger partial charge in [0.15, 0.2) is 0 Å². The van der Waals surface area contributed by atoms with Gasteiger partial charge < -0.3 is 24.5 Å². The van der Waals surface area contributed by atoms with Gasteiger partial charge in [-0.1, -0.05) is 56.7 Å². The molecule has 4 heterocycles. The van der Waals surface area contributed by atoms with Crippen molar-refractivity contribution in [3.8, 4) is 0 Å². The summed E-state index contributed by atoms with van der Waals surface area (Å²) in [5, 5.41) is 19.1. The molecule has 0 radical (unpaired) electrons. The van der Waals surface area contributed by atoms with Crippen molar-refractivity contribution in [1.29, 1.82) is 0 Å². The number of nitrogens with zero attached hydrogens (tertiary/aromatic N) is 6. The van der Waals surface area contributed by atoms with Gasteiger partial charge in [0.05, 0.1) is 36.1 Å². The van der Waals surface area contributed by atoms with Crippen LogP contribution in [-0.2, 0) is 25.8 Å². The van der Waals surface area contributed by atoms with Crippen LogP contribution in [-0.4, -0.2) is 103 Å². The fraction of sp³-hybridized carbons (Fsp3) is 0.594. The molecular formula is C32H44N6O5. The van der Waals surface area contributed by atoms with Crippen LogP contribution in [0.25, 0.3) is 11.0 Å². The summed E-state index contributed by atoms with van der Waals surface area (Å²) in [5.74, 6) is -2.35. The van der Waals surface area contributed by atoms with Crippen molar-refractivity contribution in [1.82, 2.24) is 29.7 Å². The molecule has 3 amide bonds. The monoisotopic (exact) mass is 592 g/mol. The molecular weight excluding hydrogens is 548 g/mol. The van der Waals surface area contributed by atoms with Crippen molar-refractivity contribution in [3.63, 3.8) is 0 Å². The highest BCUT2D eigenvalue weighted by Crippen LogP contribution is 2.59. The Hall–Kier alpha value is -3.57. The number of para-hydroxylation sites is 1. The number of amides is 3. The van der Waals surface area contributed by atoms with E-state index >= 15 is 0 Å². The summed E-state index contributed by atoms with van der Waals surface area (Å²) in [7, 11) is 0. The van der Waals surface area contributed by atoms with E-state index in [4.69, 9.17) is 4.74 Å². The zero-order valence-corrected chi connectivity index (χ0v) is 25.5. The lowest BCUT2D eigenvalue weighted by atomic mass is 9.70. The van der Waals surface area contributed by atoms with Crippen molar-refractivity contribution in [2.45, 2.75) is 76.9 Å². The number of likely N-dealkylation sites (tertiary alicyclic amines) is 1. The molecule has 3 aliphatic heterocycles. The second kappa shape index (κ2) is 12.6. The summed E-state index contributed by atoms with van der Waals surface area (Å²) >= 11 is 0. The highest BCUT2D eigenvalue weighted by atomic mass is 16.5. The van der Waals surface area contributed by atoms with E-state index in [2.05, 4.69) is 23.5 Å². The lowest BCUT2D eigenvalue weighted by Crippen LogP contribution is -2.60. The quantitative estimate of drug-likeness (QED) is 0.335. The molecule has 2 bridgehead atoms. The normalized spacial score (nSPS) is 27.3. The van der Waals surface area contributed by atoms with Gasteiger partial charge in [-0.05, 0) is 37.3 Å². The highest BCUT2D eigenvalue weighted by molar-refractivity contribution is 5.99. The Balaban J connectivity index is 1.57. The third-order valence-corrected chi connectivity index (χ3v) is 9.64. The predicted molar refractivity (Wildman–Crippen MR) is 161 cm³/mol. The molecule has 1 aromatic carbocycles. The van der Waals surface area contributed by atoms with Crippen LogP contribution in [0.5, 0.6) is 0 Å². The SMILES string of the molecule is C=CCN(Cn1nnc2ccccc21)C(=O)C1N([C@@H](CO)[C@@H](C)CC)C(=O)[C@@H]2[C@H](C(=O)N(CC=C)CCC)[C@@H]3CCC12O3. The van der Waals surface area contributed by atoms with Crippen molar-refractivity contribution in [2.75, 3.05) is 26.2 Å². The Bertz CT molecular complexity index is 1380. The number of benzene rings is 1. The Kier molecular flexibility index (Phi) is 9.03. The molecule has 1 spiro atoms. The maximum atomic E-state index is 14.8. The maximum absolute atomic E-state index is 14.8. The van der Waals surface area contributed by atoms with Crippen LogP contribution in [0.15, 0.2) is 49.6 Å². The van der Waals surface area contributed by atoms with Crippen LogP contribution in [0, 0.1) is 17.8 Å². The number of rotatable bonds is 14. The molecule has 0 saturated carbocycles. The first-order chi connectivity index (χ1) is 20.8. The van der Waals surface area contributed by atoms with E-state index in [0.29, 0.717) is 37.9 Å². The molecule has 0 aliphatic carbocycles. The van der Waals surface area contributed by atoms with Crippen molar-refractivity contribution in [3.05, 3.63) is 49.6 Å². The van der Waals surface area contributed by atoms with E-state index in [-0.39, 0.29) is 43.5 Å². The van der Waals surface area contributed by atoms with E-state index in [9.17, 15) is 19.5 Å². The molecule has 3 fully saturated rings. The van der Waals surface area contributed by atoms with E-state index in [1.807, 2.05) is 45.0 Å². The molecule has 7 atom stereocenters. The molecule has 2 aromatic rings. The number of hydrogen-bond acceptors (Lipinski definition) is 7. The zero-order valence-electron chi connectivity index (χ0n) is 25.5. The van der Waals surface area contributed by atoms with Gasteiger partial charge in [0.2, 0.25) is 17.7 Å². The van der Waals surface area contributed by atoms with E-state index in [1.54, 1.807) is 31.5 Å². The number of aliphatic hydroxyl groups is 1. The second-order valence-electron chi connectivity index (χ2n) is 12.1. The molecule has 3 aliphatic rings. The predicted octanol–water partition coefficient (Wildman–Crippen LogP) is 2.61. The Morgan fingerprint density at radius 1 is 1.19 bits per heavy atom. The molecule has 2 unspecified atom stereocenters. The summed E-state index contributed by atoms with van der Waals surface area (Å²) < 4.78 is 8.33. The van der Waals surface area contributed by atoms with Gasteiger partial charge in [0.25, 0.3) is 0 Å².